The lowest BCUT2D eigenvalue weighted by molar-refractivity contribution is -0.117. The van der Waals surface area contributed by atoms with E-state index in [-0.39, 0.29) is 17.9 Å². The summed E-state index contributed by atoms with van der Waals surface area (Å²) < 4.78 is 0. The Hall–Kier alpha value is -3.60. The highest BCUT2D eigenvalue weighted by Gasteiger charge is 2.29. The minimum Gasteiger partial charge on any atom is -0.324 e. The topological polar surface area (TPSA) is 52.7 Å². The SMILES string of the molecule is CC[C@H](C(=O)Nc1cc(C)ccc1N1CCCN(Cc2ccccc2)C1=O)c1ccccc1. The number of hydrogen-bond acceptors (Lipinski definition) is 2. The number of carbonyl (C=O) groups is 2. The number of nitrogens with one attached hydrogen (secondary N) is 1. The highest BCUT2D eigenvalue weighted by molar-refractivity contribution is 6.02. The van der Waals surface area contributed by atoms with Crippen molar-refractivity contribution in [2.24, 2.45) is 0 Å². The van der Waals surface area contributed by atoms with Crippen molar-refractivity contribution in [2.45, 2.75) is 39.2 Å². The fraction of sp³-hybridized carbons (Fsp3) is 0.286. The summed E-state index contributed by atoms with van der Waals surface area (Å²) in [5.74, 6) is -0.299. The summed E-state index contributed by atoms with van der Waals surface area (Å²) in [5.41, 5.74) is 4.57. The number of amides is 3. The van der Waals surface area contributed by atoms with Gasteiger partial charge in [-0.2, -0.15) is 0 Å². The summed E-state index contributed by atoms with van der Waals surface area (Å²) in [4.78, 5) is 30.3. The number of carbonyl (C=O) groups excluding carboxylic acids is 2. The predicted octanol–water partition coefficient (Wildman–Crippen LogP) is 5.96. The summed E-state index contributed by atoms with van der Waals surface area (Å²) in [5, 5.41) is 3.13. The zero-order valence-electron chi connectivity index (χ0n) is 19.3. The van der Waals surface area contributed by atoms with Crippen LogP contribution >= 0.6 is 0 Å². The van der Waals surface area contributed by atoms with Gasteiger partial charge >= 0.3 is 6.03 Å². The molecule has 1 heterocycles. The van der Waals surface area contributed by atoms with Crippen LogP contribution in [-0.4, -0.2) is 29.9 Å². The molecule has 0 spiro atoms. The number of aryl methyl sites for hydroxylation is 1. The molecule has 5 nitrogen and oxygen atoms in total. The highest BCUT2D eigenvalue weighted by Crippen LogP contribution is 2.32. The average Bonchev–Trinajstić information content (AvgIpc) is 2.83. The third-order valence-corrected chi connectivity index (χ3v) is 6.15. The maximum atomic E-state index is 13.4. The Morgan fingerprint density at radius 3 is 2.36 bits per heavy atom. The van der Waals surface area contributed by atoms with Gasteiger partial charge in [0.15, 0.2) is 0 Å². The maximum Gasteiger partial charge on any atom is 0.324 e. The van der Waals surface area contributed by atoms with Crippen LogP contribution in [0.4, 0.5) is 16.2 Å². The van der Waals surface area contributed by atoms with Gasteiger partial charge in [-0.05, 0) is 48.6 Å². The lowest BCUT2D eigenvalue weighted by atomic mass is 9.95. The average molecular weight is 442 g/mol. The summed E-state index contributed by atoms with van der Waals surface area (Å²) in [6.45, 7) is 5.95. The maximum absolute atomic E-state index is 13.4. The molecule has 1 atom stereocenters. The number of nitrogens with zero attached hydrogens (tertiary/aromatic N) is 2. The Balaban J connectivity index is 1.57. The van der Waals surface area contributed by atoms with Gasteiger partial charge in [0.05, 0.1) is 17.3 Å². The van der Waals surface area contributed by atoms with E-state index in [4.69, 9.17) is 0 Å². The van der Waals surface area contributed by atoms with Crippen molar-refractivity contribution in [3.63, 3.8) is 0 Å². The molecule has 0 aliphatic carbocycles. The molecule has 1 fully saturated rings. The lowest BCUT2D eigenvalue weighted by Crippen LogP contribution is -2.49. The van der Waals surface area contributed by atoms with Crippen LogP contribution in [0.3, 0.4) is 0 Å². The Labute approximate surface area is 196 Å². The Morgan fingerprint density at radius 1 is 0.970 bits per heavy atom. The van der Waals surface area contributed by atoms with Crippen molar-refractivity contribution >= 4 is 23.3 Å². The predicted molar refractivity (Wildman–Crippen MR) is 133 cm³/mol. The molecule has 4 rings (SSSR count). The van der Waals surface area contributed by atoms with Crippen molar-refractivity contribution in [3.05, 3.63) is 95.6 Å². The van der Waals surface area contributed by atoms with Gasteiger partial charge in [-0.1, -0.05) is 73.7 Å². The largest absolute Gasteiger partial charge is 0.324 e. The molecule has 0 bridgehead atoms. The summed E-state index contributed by atoms with van der Waals surface area (Å²) in [6, 6.07) is 25.7. The van der Waals surface area contributed by atoms with E-state index >= 15 is 0 Å². The molecular formula is C28H31N3O2. The molecule has 3 aromatic rings. The first-order valence-corrected chi connectivity index (χ1v) is 11.6. The number of rotatable bonds is 7. The van der Waals surface area contributed by atoms with Crippen LogP contribution in [-0.2, 0) is 11.3 Å². The van der Waals surface area contributed by atoms with Crippen molar-refractivity contribution in [2.75, 3.05) is 23.3 Å². The molecule has 0 unspecified atom stereocenters. The van der Waals surface area contributed by atoms with Crippen molar-refractivity contribution in [3.8, 4) is 0 Å². The van der Waals surface area contributed by atoms with E-state index in [9.17, 15) is 9.59 Å². The van der Waals surface area contributed by atoms with E-state index in [2.05, 4.69) is 5.32 Å². The molecule has 0 radical (unpaired) electrons. The number of urea groups is 1. The van der Waals surface area contributed by atoms with Crippen LogP contribution in [0.5, 0.6) is 0 Å². The Morgan fingerprint density at radius 2 is 1.67 bits per heavy atom. The Kier molecular flexibility index (Phi) is 7.08. The molecule has 0 aromatic heterocycles. The number of hydrogen-bond donors (Lipinski definition) is 1. The molecule has 1 saturated heterocycles. The summed E-state index contributed by atoms with van der Waals surface area (Å²) in [6.07, 6.45) is 1.58. The molecule has 3 aromatic carbocycles. The van der Waals surface area contributed by atoms with E-state index in [1.807, 2.05) is 97.6 Å². The zero-order valence-corrected chi connectivity index (χ0v) is 19.3. The zero-order chi connectivity index (χ0) is 23.2. The van der Waals surface area contributed by atoms with Crippen LogP contribution in [0.1, 0.15) is 42.4 Å². The van der Waals surface area contributed by atoms with Crippen LogP contribution in [0.25, 0.3) is 0 Å². The molecule has 1 aliphatic rings. The van der Waals surface area contributed by atoms with Gasteiger partial charge in [0.1, 0.15) is 0 Å². The molecule has 1 aliphatic heterocycles. The summed E-state index contributed by atoms with van der Waals surface area (Å²) >= 11 is 0. The fourth-order valence-electron chi connectivity index (χ4n) is 4.42. The van der Waals surface area contributed by atoms with Gasteiger partial charge < -0.3 is 10.2 Å². The fourth-order valence-corrected chi connectivity index (χ4v) is 4.42. The van der Waals surface area contributed by atoms with Gasteiger partial charge in [-0.15, -0.1) is 0 Å². The van der Waals surface area contributed by atoms with Gasteiger partial charge in [0.2, 0.25) is 5.91 Å². The number of anilines is 2. The van der Waals surface area contributed by atoms with Gasteiger partial charge in [-0.3, -0.25) is 9.69 Å². The quantitative estimate of drug-likeness (QED) is 0.492. The van der Waals surface area contributed by atoms with Gasteiger partial charge in [0, 0.05) is 19.6 Å². The minimum atomic E-state index is -0.244. The monoisotopic (exact) mass is 441 g/mol. The number of benzene rings is 3. The third-order valence-electron chi connectivity index (χ3n) is 6.15. The van der Waals surface area contributed by atoms with E-state index in [0.29, 0.717) is 25.2 Å². The van der Waals surface area contributed by atoms with E-state index in [0.717, 1.165) is 35.3 Å². The van der Waals surface area contributed by atoms with Crippen LogP contribution in [0.2, 0.25) is 0 Å². The smallest absolute Gasteiger partial charge is 0.324 e. The first-order chi connectivity index (χ1) is 16.1. The molecule has 33 heavy (non-hydrogen) atoms. The van der Waals surface area contributed by atoms with Crippen molar-refractivity contribution in [1.82, 2.24) is 4.90 Å². The molecular weight excluding hydrogens is 410 g/mol. The van der Waals surface area contributed by atoms with Crippen molar-refractivity contribution in [1.29, 1.82) is 0 Å². The molecule has 3 amide bonds. The van der Waals surface area contributed by atoms with Crippen LogP contribution < -0.4 is 10.2 Å². The van der Waals surface area contributed by atoms with Gasteiger partial charge in [-0.25, -0.2) is 4.79 Å². The third kappa shape index (κ3) is 5.25. The van der Waals surface area contributed by atoms with Gasteiger partial charge in [0.25, 0.3) is 0 Å². The molecule has 5 heteroatoms. The molecule has 170 valence electrons. The summed E-state index contributed by atoms with van der Waals surface area (Å²) in [7, 11) is 0. The second kappa shape index (κ2) is 10.3. The van der Waals surface area contributed by atoms with Crippen molar-refractivity contribution < 1.29 is 9.59 Å². The second-order valence-electron chi connectivity index (χ2n) is 8.58. The molecule has 0 saturated carbocycles. The van der Waals surface area contributed by atoms with E-state index in [1.54, 1.807) is 4.90 Å². The van der Waals surface area contributed by atoms with Crippen LogP contribution in [0.15, 0.2) is 78.9 Å². The standard InChI is InChI=1S/C28H31N3O2/c1-3-24(23-13-8-5-9-14-23)27(32)29-25-19-21(2)15-16-26(25)31-18-10-17-30(28(31)33)20-22-11-6-4-7-12-22/h4-9,11-16,19,24H,3,10,17-18,20H2,1-2H3,(H,29,32)/t24-/m0/s1. The minimum absolute atomic E-state index is 0.0282. The second-order valence-corrected chi connectivity index (χ2v) is 8.58. The normalized spacial score (nSPS) is 14.8. The first-order valence-electron chi connectivity index (χ1n) is 11.6. The highest BCUT2D eigenvalue weighted by atomic mass is 16.2. The van der Waals surface area contributed by atoms with E-state index in [1.165, 1.54) is 0 Å². The van der Waals surface area contributed by atoms with E-state index < -0.39 is 0 Å². The first kappa shape index (κ1) is 22.6. The Bertz CT molecular complexity index is 1100. The van der Waals surface area contributed by atoms with Crippen LogP contribution in [0, 0.1) is 6.92 Å². The molecule has 1 N–H and O–H groups in total. The lowest BCUT2D eigenvalue weighted by Gasteiger charge is -2.36.